The predicted octanol–water partition coefficient (Wildman–Crippen LogP) is 1.16. The van der Waals surface area contributed by atoms with Crippen LogP contribution < -0.4 is 0 Å². The number of aromatic nitrogens is 3. The summed E-state index contributed by atoms with van der Waals surface area (Å²) in [4.78, 5) is 21.4. The summed E-state index contributed by atoms with van der Waals surface area (Å²) in [6.07, 6.45) is 10.7. The van der Waals surface area contributed by atoms with Crippen molar-refractivity contribution in [2.75, 3.05) is 32.8 Å². The zero-order valence-electron chi connectivity index (χ0n) is 14.9. The number of rotatable bonds is 4. The third kappa shape index (κ3) is 4.03. The summed E-state index contributed by atoms with van der Waals surface area (Å²) in [5.41, 5.74) is 0. The molecule has 1 saturated carbocycles. The van der Waals surface area contributed by atoms with Crippen LogP contribution in [0.3, 0.4) is 0 Å². The number of piperidine rings is 1. The zero-order chi connectivity index (χ0) is 17.1. The predicted molar refractivity (Wildman–Crippen MR) is 92.9 cm³/mol. The Morgan fingerprint density at radius 3 is 2.96 bits per heavy atom. The minimum absolute atomic E-state index is 0.271. The van der Waals surface area contributed by atoms with Gasteiger partial charge in [-0.2, -0.15) is 5.10 Å². The van der Waals surface area contributed by atoms with Gasteiger partial charge in [0.1, 0.15) is 12.7 Å². The molecule has 4 rings (SSSR count). The number of morpholine rings is 1. The SMILES string of the molecule is O=C(CN1CCC[C@H](Cn2cncn2)C1)N1CCO[C@H]2CCCC[C@H]21. The second-order valence-corrected chi connectivity index (χ2v) is 7.71. The molecule has 138 valence electrons. The van der Waals surface area contributed by atoms with Crippen molar-refractivity contribution >= 4 is 5.91 Å². The Labute approximate surface area is 149 Å². The van der Waals surface area contributed by atoms with Gasteiger partial charge in [-0.15, -0.1) is 0 Å². The maximum Gasteiger partial charge on any atom is 0.237 e. The molecule has 1 aromatic heterocycles. The highest BCUT2D eigenvalue weighted by atomic mass is 16.5. The maximum absolute atomic E-state index is 12.9. The van der Waals surface area contributed by atoms with E-state index < -0.39 is 0 Å². The Bertz CT molecular complexity index is 562. The van der Waals surface area contributed by atoms with Gasteiger partial charge in [-0.25, -0.2) is 4.98 Å². The minimum atomic E-state index is 0.271. The van der Waals surface area contributed by atoms with Crippen molar-refractivity contribution in [1.29, 1.82) is 0 Å². The van der Waals surface area contributed by atoms with Crippen LogP contribution in [-0.4, -0.2) is 75.4 Å². The average molecular weight is 347 g/mol. The van der Waals surface area contributed by atoms with Crippen LogP contribution in [0.15, 0.2) is 12.7 Å². The van der Waals surface area contributed by atoms with E-state index in [1.54, 1.807) is 12.7 Å². The number of hydrogen-bond acceptors (Lipinski definition) is 5. The van der Waals surface area contributed by atoms with E-state index in [9.17, 15) is 4.79 Å². The molecule has 3 fully saturated rings. The molecule has 2 aliphatic heterocycles. The summed E-state index contributed by atoms with van der Waals surface area (Å²) in [5, 5.41) is 4.21. The quantitative estimate of drug-likeness (QED) is 0.818. The Morgan fingerprint density at radius 1 is 1.16 bits per heavy atom. The van der Waals surface area contributed by atoms with Gasteiger partial charge in [-0.05, 0) is 38.1 Å². The fourth-order valence-corrected chi connectivity index (χ4v) is 4.72. The van der Waals surface area contributed by atoms with Crippen LogP contribution in [0.4, 0.5) is 0 Å². The fourth-order valence-electron chi connectivity index (χ4n) is 4.72. The monoisotopic (exact) mass is 347 g/mol. The molecule has 7 nitrogen and oxygen atoms in total. The molecule has 3 atom stereocenters. The van der Waals surface area contributed by atoms with Gasteiger partial charge in [-0.3, -0.25) is 14.4 Å². The van der Waals surface area contributed by atoms with Gasteiger partial charge in [0.15, 0.2) is 0 Å². The number of amides is 1. The third-order valence-corrected chi connectivity index (χ3v) is 5.93. The van der Waals surface area contributed by atoms with Crippen LogP contribution >= 0.6 is 0 Å². The van der Waals surface area contributed by atoms with E-state index in [2.05, 4.69) is 19.9 Å². The van der Waals surface area contributed by atoms with Gasteiger partial charge in [0.05, 0.1) is 25.3 Å². The number of fused-ring (bicyclic) bond motifs is 1. The molecule has 2 saturated heterocycles. The second-order valence-electron chi connectivity index (χ2n) is 7.71. The van der Waals surface area contributed by atoms with Gasteiger partial charge < -0.3 is 9.64 Å². The molecule has 1 aromatic rings. The van der Waals surface area contributed by atoms with Gasteiger partial charge in [-0.1, -0.05) is 12.8 Å². The van der Waals surface area contributed by atoms with E-state index in [0.29, 0.717) is 31.0 Å². The minimum Gasteiger partial charge on any atom is -0.374 e. The molecule has 0 unspecified atom stereocenters. The molecule has 3 aliphatic rings. The van der Waals surface area contributed by atoms with Crippen molar-refractivity contribution in [2.45, 2.75) is 57.2 Å². The largest absolute Gasteiger partial charge is 0.374 e. The smallest absolute Gasteiger partial charge is 0.237 e. The standard InChI is InChI=1S/C18H29N5O2/c24-18(23-8-9-25-17-6-2-1-5-16(17)23)12-21-7-3-4-15(10-21)11-22-14-19-13-20-22/h13-17H,1-12H2/t15-,16+,17-/m0/s1. The second kappa shape index (κ2) is 7.83. The fraction of sp³-hybridized carbons (Fsp3) is 0.833. The number of likely N-dealkylation sites (tertiary alicyclic amines) is 1. The van der Waals surface area contributed by atoms with Gasteiger partial charge in [0.25, 0.3) is 0 Å². The third-order valence-electron chi connectivity index (χ3n) is 5.93. The van der Waals surface area contributed by atoms with Crippen molar-refractivity contribution < 1.29 is 9.53 Å². The Kier molecular flexibility index (Phi) is 5.31. The normalized spacial score (nSPS) is 30.9. The molecule has 0 radical (unpaired) electrons. The zero-order valence-corrected chi connectivity index (χ0v) is 14.9. The Balaban J connectivity index is 1.32. The first-order chi connectivity index (χ1) is 12.3. The number of ether oxygens (including phenoxy) is 1. The van der Waals surface area contributed by atoms with Crippen LogP contribution in [0, 0.1) is 5.92 Å². The Hall–Kier alpha value is -1.47. The van der Waals surface area contributed by atoms with Crippen molar-refractivity contribution in [3.8, 4) is 0 Å². The van der Waals surface area contributed by atoms with Crippen molar-refractivity contribution in [3.63, 3.8) is 0 Å². The Morgan fingerprint density at radius 2 is 2.08 bits per heavy atom. The number of nitrogens with zero attached hydrogens (tertiary/aromatic N) is 5. The van der Waals surface area contributed by atoms with Crippen LogP contribution in [0.5, 0.6) is 0 Å². The van der Waals surface area contributed by atoms with E-state index in [-0.39, 0.29) is 6.10 Å². The molecular formula is C18H29N5O2. The lowest BCUT2D eigenvalue weighted by atomic mass is 9.90. The highest BCUT2D eigenvalue weighted by Crippen LogP contribution is 2.28. The molecule has 0 bridgehead atoms. The van der Waals surface area contributed by atoms with E-state index in [0.717, 1.165) is 45.4 Å². The van der Waals surface area contributed by atoms with E-state index in [1.165, 1.54) is 19.3 Å². The first-order valence-electron chi connectivity index (χ1n) is 9.75. The van der Waals surface area contributed by atoms with Crippen LogP contribution in [0.1, 0.15) is 38.5 Å². The van der Waals surface area contributed by atoms with E-state index >= 15 is 0 Å². The van der Waals surface area contributed by atoms with Crippen molar-refractivity contribution in [2.24, 2.45) is 5.92 Å². The summed E-state index contributed by atoms with van der Waals surface area (Å²) >= 11 is 0. The highest BCUT2D eigenvalue weighted by molar-refractivity contribution is 5.78. The first kappa shape index (κ1) is 17.0. The molecule has 1 amide bonds. The number of hydrogen-bond donors (Lipinski definition) is 0. The first-order valence-corrected chi connectivity index (χ1v) is 9.75. The van der Waals surface area contributed by atoms with Gasteiger partial charge in [0.2, 0.25) is 5.91 Å². The summed E-state index contributed by atoms with van der Waals surface area (Å²) < 4.78 is 7.81. The van der Waals surface area contributed by atoms with Crippen LogP contribution in [0.25, 0.3) is 0 Å². The average Bonchev–Trinajstić information content (AvgIpc) is 3.14. The summed E-state index contributed by atoms with van der Waals surface area (Å²) in [7, 11) is 0. The van der Waals surface area contributed by atoms with E-state index in [4.69, 9.17) is 4.74 Å². The molecule has 1 aliphatic carbocycles. The lowest BCUT2D eigenvalue weighted by Crippen LogP contribution is -2.57. The molecule has 3 heterocycles. The topological polar surface area (TPSA) is 63.5 Å². The molecule has 25 heavy (non-hydrogen) atoms. The molecule has 0 aromatic carbocycles. The molecule has 0 spiro atoms. The maximum atomic E-state index is 12.9. The van der Waals surface area contributed by atoms with Gasteiger partial charge >= 0.3 is 0 Å². The number of carbonyl (C=O) groups is 1. The lowest BCUT2D eigenvalue weighted by molar-refractivity contribution is -0.151. The van der Waals surface area contributed by atoms with E-state index in [1.807, 2.05) is 4.68 Å². The molecule has 7 heteroatoms. The highest BCUT2D eigenvalue weighted by Gasteiger charge is 2.37. The lowest BCUT2D eigenvalue weighted by Gasteiger charge is -2.44. The van der Waals surface area contributed by atoms with Gasteiger partial charge in [0, 0.05) is 19.6 Å². The molecule has 0 N–H and O–H groups in total. The van der Waals surface area contributed by atoms with Crippen molar-refractivity contribution in [3.05, 3.63) is 12.7 Å². The van der Waals surface area contributed by atoms with Crippen LogP contribution in [0.2, 0.25) is 0 Å². The van der Waals surface area contributed by atoms with Crippen LogP contribution in [-0.2, 0) is 16.1 Å². The number of carbonyl (C=O) groups excluding carboxylic acids is 1. The van der Waals surface area contributed by atoms with Crippen molar-refractivity contribution in [1.82, 2.24) is 24.6 Å². The molecular weight excluding hydrogens is 318 g/mol. The summed E-state index contributed by atoms with van der Waals surface area (Å²) in [6, 6.07) is 0.311. The summed E-state index contributed by atoms with van der Waals surface area (Å²) in [5.74, 6) is 0.844. The summed E-state index contributed by atoms with van der Waals surface area (Å²) in [6.45, 7) is 4.91.